The molecule has 0 aliphatic carbocycles. The van der Waals surface area contributed by atoms with Crippen molar-refractivity contribution in [3.05, 3.63) is 58.7 Å². The van der Waals surface area contributed by atoms with E-state index in [0.717, 1.165) is 27.1 Å². The molecule has 0 saturated carbocycles. The lowest BCUT2D eigenvalue weighted by molar-refractivity contribution is -0.139. The lowest BCUT2D eigenvalue weighted by atomic mass is 10.0. The van der Waals surface area contributed by atoms with Gasteiger partial charge < -0.3 is 19.5 Å². The first-order valence-electron chi connectivity index (χ1n) is 10.5. The van der Waals surface area contributed by atoms with Crippen LogP contribution >= 0.6 is 23.4 Å². The Hall–Kier alpha value is -2.15. The van der Waals surface area contributed by atoms with Crippen LogP contribution in [-0.4, -0.2) is 37.7 Å². The Morgan fingerprint density at radius 2 is 1.75 bits per heavy atom. The van der Waals surface area contributed by atoms with Gasteiger partial charge in [-0.1, -0.05) is 44.5 Å². The first kappa shape index (κ1) is 24.5. The number of nitrogens with zero attached hydrogens (tertiary/aromatic N) is 1. The number of ether oxygens (including phenoxy) is 1. The van der Waals surface area contributed by atoms with Crippen LogP contribution in [0.2, 0.25) is 5.02 Å². The van der Waals surface area contributed by atoms with Crippen molar-refractivity contribution in [1.29, 1.82) is 0 Å². The highest BCUT2D eigenvalue weighted by Crippen LogP contribution is 2.43. The van der Waals surface area contributed by atoms with Gasteiger partial charge in [0.1, 0.15) is 5.75 Å². The lowest BCUT2D eigenvalue weighted by Gasteiger charge is -2.23. The van der Waals surface area contributed by atoms with Crippen LogP contribution in [-0.2, 0) is 17.8 Å². The molecule has 1 aromatic heterocycles. The third kappa shape index (κ3) is 6.44. The number of benzene rings is 2. The molecule has 0 saturated heterocycles. The second-order valence-electron chi connectivity index (χ2n) is 9.55. The van der Waals surface area contributed by atoms with Crippen LogP contribution < -0.4 is 4.74 Å². The third-order valence-corrected chi connectivity index (χ3v) is 6.24. The molecule has 7 heteroatoms. The van der Waals surface area contributed by atoms with Crippen LogP contribution in [0.4, 0.5) is 0 Å². The summed E-state index contributed by atoms with van der Waals surface area (Å²) in [5.41, 5.74) is 2.25. The highest BCUT2D eigenvalue weighted by molar-refractivity contribution is 8.00. The molecular formula is C25H30ClNO4S. The predicted molar refractivity (Wildman–Crippen MR) is 131 cm³/mol. The average Bonchev–Trinajstić information content (AvgIpc) is 2.91. The number of aliphatic hydroxyl groups is 1. The smallest absolute Gasteiger partial charge is 0.341 e. The molecule has 172 valence electrons. The number of carboxylic acids is 1. The van der Waals surface area contributed by atoms with Gasteiger partial charge in [-0.25, -0.2) is 4.79 Å². The largest absolute Gasteiger partial charge is 0.482 e. The Kier molecular flexibility index (Phi) is 7.18. The number of carbonyl (C=O) groups is 1. The van der Waals surface area contributed by atoms with Crippen molar-refractivity contribution in [2.45, 2.75) is 62.8 Å². The van der Waals surface area contributed by atoms with Gasteiger partial charge >= 0.3 is 5.97 Å². The first-order chi connectivity index (χ1) is 14.8. The van der Waals surface area contributed by atoms with Crippen LogP contribution in [0.1, 0.15) is 45.9 Å². The van der Waals surface area contributed by atoms with Crippen LogP contribution in [0.3, 0.4) is 0 Å². The molecule has 1 heterocycles. The monoisotopic (exact) mass is 475 g/mol. The number of thioether (sulfide) groups is 1. The van der Waals surface area contributed by atoms with E-state index in [2.05, 4.69) is 25.3 Å². The third-order valence-electron chi connectivity index (χ3n) is 4.72. The highest BCUT2D eigenvalue weighted by Gasteiger charge is 2.27. The van der Waals surface area contributed by atoms with Gasteiger partial charge in [0.15, 0.2) is 6.61 Å². The van der Waals surface area contributed by atoms with Crippen molar-refractivity contribution in [2.75, 3.05) is 6.61 Å². The number of carboxylic acid groups (broad SMARTS) is 1. The van der Waals surface area contributed by atoms with E-state index in [0.29, 0.717) is 23.7 Å². The summed E-state index contributed by atoms with van der Waals surface area (Å²) in [6.45, 7) is 10.3. The number of hydrogen-bond donors (Lipinski definition) is 2. The SMILES string of the molecule is CC(C)(O)Cc1c(SC(C)(C)C)c2cc(OCC(=O)O)ccc2n1Cc1ccc(Cl)cc1. The minimum absolute atomic E-state index is 0.0638. The second kappa shape index (κ2) is 9.38. The molecule has 3 aromatic rings. The zero-order chi connectivity index (χ0) is 23.7. The topological polar surface area (TPSA) is 71.7 Å². The summed E-state index contributed by atoms with van der Waals surface area (Å²) in [5, 5.41) is 21.4. The van der Waals surface area contributed by atoms with Gasteiger partial charge in [-0.3, -0.25) is 0 Å². The van der Waals surface area contributed by atoms with Crippen LogP contribution in [0.25, 0.3) is 10.9 Å². The maximum Gasteiger partial charge on any atom is 0.341 e. The summed E-state index contributed by atoms with van der Waals surface area (Å²) in [5.74, 6) is -0.508. The van der Waals surface area contributed by atoms with Crippen molar-refractivity contribution in [3.63, 3.8) is 0 Å². The van der Waals surface area contributed by atoms with E-state index in [1.165, 1.54) is 0 Å². The van der Waals surface area contributed by atoms with E-state index in [1.54, 1.807) is 17.8 Å². The van der Waals surface area contributed by atoms with E-state index in [-0.39, 0.29) is 4.75 Å². The molecule has 0 aliphatic heterocycles. The number of aliphatic carboxylic acids is 1. The summed E-state index contributed by atoms with van der Waals surface area (Å²) < 4.78 is 7.62. The number of halogens is 1. The molecule has 2 aromatic carbocycles. The van der Waals surface area contributed by atoms with E-state index < -0.39 is 18.2 Å². The second-order valence-corrected chi connectivity index (χ2v) is 11.8. The normalized spacial score (nSPS) is 12.3. The molecular weight excluding hydrogens is 446 g/mol. The molecule has 0 aliphatic rings. The molecule has 0 spiro atoms. The fourth-order valence-electron chi connectivity index (χ4n) is 3.55. The molecule has 3 rings (SSSR count). The number of aromatic nitrogens is 1. The molecule has 0 radical (unpaired) electrons. The number of hydrogen-bond acceptors (Lipinski definition) is 4. The summed E-state index contributed by atoms with van der Waals surface area (Å²) in [6, 6.07) is 13.4. The summed E-state index contributed by atoms with van der Waals surface area (Å²) >= 11 is 7.81. The average molecular weight is 476 g/mol. The fraction of sp³-hybridized carbons (Fsp3) is 0.400. The van der Waals surface area contributed by atoms with Gasteiger partial charge in [-0.15, -0.1) is 11.8 Å². The van der Waals surface area contributed by atoms with Crippen LogP contribution in [0, 0.1) is 0 Å². The molecule has 0 atom stereocenters. The van der Waals surface area contributed by atoms with Crippen LogP contribution in [0.5, 0.6) is 5.75 Å². The molecule has 2 N–H and O–H groups in total. The van der Waals surface area contributed by atoms with E-state index in [9.17, 15) is 9.90 Å². The van der Waals surface area contributed by atoms with E-state index in [1.807, 2.05) is 50.2 Å². The van der Waals surface area contributed by atoms with Crippen molar-refractivity contribution in [1.82, 2.24) is 4.57 Å². The minimum Gasteiger partial charge on any atom is -0.482 e. The zero-order valence-corrected chi connectivity index (χ0v) is 20.7. The molecule has 0 unspecified atom stereocenters. The summed E-state index contributed by atoms with van der Waals surface area (Å²) in [7, 11) is 0. The Morgan fingerprint density at radius 3 is 2.31 bits per heavy atom. The Bertz CT molecular complexity index is 1110. The Labute approximate surface area is 198 Å². The molecule has 0 bridgehead atoms. The molecule has 32 heavy (non-hydrogen) atoms. The summed E-state index contributed by atoms with van der Waals surface area (Å²) in [6.07, 6.45) is 0.471. The summed E-state index contributed by atoms with van der Waals surface area (Å²) in [4.78, 5) is 12.0. The van der Waals surface area contributed by atoms with Crippen molar-refractivity contribution in [2.24, 2.45) is 0 Å². The minimum atomic E-state index is -1.02. The number of rotatable bonds is 8. The van der Waals surface area contributed by atoms with Crippen molar-refractivity contribution in [3.8, 4) is 5.75 Å². The van der Waals surface area contributed by atoms with Gasteiger partial charge in [0.25, 0.3) is 0 Å². The predicted octanol–water partition coefficient (Wildman–Crippen LogP) is 6.01. The molecule has 0 amide bonds. The van der Waals surface area contributed by atoms with Crippen LogP contribution in [0.15, 0.2) is 47.4 Å². The zero-order valence-electron chi connectivity index (χ0n) is 19.1. The maximum atomic E-state index is 11.0. The molecule has 5 nitrogen and oxygen atoms in total. The first-order valence-corrected chi connectivity index (χ1v) is 11.7. The van der Waals surface area contributed by atoms with Crippen molar-refractivity contribution >= 4 is 40.2 Å². The van der Waals surface area contributed by atoms with E-state index >= 15 is 0 Å². The lowest BCUT2D eigenvalue weighted by Crippen LogP contribution is -2.24. The molecule has 0 fully saturated rings. The maximum absolute atomic E-state index is 11.0. The number of fused-ring (bicyclic) bond motifs is 1. The van der Waals surface area contributed by atoms with Gasteiger partial charge in [0.2, 0.25) is 0 Å². The quantitative estimate of drug-likeness (QED) is 0.390. The Balaban J connectivity index is 2.21. The van der Waals surface area contributed by atoms with Gasteiger partial charge in [0.05, 0.1) is 5.60 Å². The Morgan fingerprint density at radius 1 is 1.09 bits per heavy atom. The highest BCUT2D eigenvalue weighted by atomic mass is 35.5. The van der Waals surface area contributed by atoms with Gasteiger partial charge in [-0.2, -0.15) is 0 Å². The van der Waals surface area contributed by atoms with Gasteiger partial charge in [-0.05, 0) is 49.7 Å². The van der Waals surface area contributed by atoms with Gasteiger partial charge in [0, 0.05) is 44.2 Å². The fourth-order valence-corrected chi connectivity index (χ4v) is 4.86. The van der Waals surface area contributed by atoms with Crippen molar-refractivity contribution < 1.29 is 19.7 Å². The van der Waals surface area contributed by atoms with E-state index in [4.69, 9.17) is 21.4 Å². The standard InChI is InChI=1S/C25H30ClNO4S/c1-24(2,3)32-23-19-12-18(31-15-22(28)29)10-11-20(19)27(21(23)13-25(4,5)30)14-16-6-8-17(26)9-7-16/h6-12,30H,13-15H2,1-5H3,(H,28,29).